The monoisotopic (exact) mass is 220 g/mol. The third-order valence-corrected chi connectivity index (χ3v) is 2.63. The summed E-state index contributed by atoms with van der Waals surface area (Å²) in [5.74, 6) is -0.0726. The van der Waals surface area contributed by atoms with E-state index in [1.807, 2.05) is 26.0 Å². The molecule has 0 bridgehead atoms. The van der Waals surface area contributed by atoms with Crippen LogP contribution >= 0.6 is 0 Å². The van der Waals surface area contributed by atoms with Gasteiger partial charge in [0, 0.05) is 11.7 Å². The minimum Gasteiger partial charge on any atom is -0.398 e. The van der Waals surface area contributed by atoms with Crippen LogP contribution in [-0.2, 0) is 0 Å². The van der Waals surface area contributed by atoms with Crippen molar-refractivity contribution in [1.82, 2.24) is 5.32 Å². The van der Waals surface area contributed by atoms with Gasteiger partial charge < -0.3 is 11.1 Å². The molecule has 3 N–H and O–H groups in total. The fourth-order valence-electron chi connectivity index (χ4n) is 1.80. The Morgan fingerprint density at radius 1 is 1.50 bits per heavy atom. The fourth-order valence-corrected chi connectivity index (χ4v) is 1.80. The van der Waals surface area contributed by atoms with Crippen LogP contribution in [0.4, 0.5) is 5.69 Å². The van der Waals surface area contributed by atoms with E-state index in [-0.39, 0.29) is 11.9 Å². The number of nitrogens with two attached hydrogens (primary N) is 1. The molecular weight excluding hydrogens is 200 g/mol. The Morgan fingerprint density at radius 2 is 2.19 bits per heavy atom. The third kappa shape index (κ3) is 2.99. The molecule has 0 saturated heterocycles. The number of aryl methyl sites for hydroxylation is 1. The molecule has 1 atom stereocenters. The van der Waals surface area contributed by atoms with E-state index in [1.165, 1.54) is 0 Å². The number of hydrogen-bond donors (Lipinski definition) is 2. The van der Waals surface area contributed by atoms with Crippen LogP contribution in [0.2, 0.25) is 0 Å². The van der Waals surface area contributed by atoms with Gasteiger partial charge in [0.25, 0.3) is 5.91 Å². The van der Waals surface area contributed by atoms with E-state index in [0.29, 0.717) is 11.3 Å². The number of carbonyl (C=O) groups excluding carboxylic acids is 1. The Kier molecular flexibility index (Phi) is 4.35. The van der Waals surface area contributed by atoms with E-state index in [1.54, 1.807) is 6.07 Å². The first-order valence-electron chi connectivity index (χ1n) is 5.72. The quantitative estimate of drug-likeness (QED) is 0.766. The minimum atomic E-state index is -0.0726. The average Bonchev–Trinajstić information content (AvgIpc) is 2.17. The van der Waals surface area contributed by atoms with Gasteiger partial charge >= 0.3 is 0 Å². The highest BCUT2D eigenvalue weighted by Gasteiger charge is 2.14. The summed E-state index contributed by atoms with van der Waals surface area (Å²) in [5, 5.41) is 2.96. The number of rotatable bonds is 4. The molecular formula is C13H20N2O. The van der Waals surface area contributed by atoms with Crippen LogP contribution in [-0.4, -0.2) is 11.9 Å². The van der Waals surface area contributed by atoms with Crippen molar-refractivity contribution in [3.8, 4) is 0 Å². The molecule has 0 radical (unpaired) electrons. The molecule has 1 amide bonds. The normalized spacial score (nSPS) is 12.2. The number of anilines is 1. The summed E-state index contributed by atoms with van der Waals surface area (Å²) in [7, 11) is 0. The number of nitrogens with one attached hydrogen (secondary N) is 1. The van der Waals surface area contributed by atoms with Crippen LogP contribution in [0, 0.1) is 6.92 Å². The van der Waals surface area contributed by atoms with E-state index >= 15 is 0 Å². The van der Waals surface area contributed by atoms with Gasteiger partial charge in [-0.25, -0.2) is 0 Å². The summed E-state index contributed by atoms with van der Waals surface area (Å²) >= 11 is 0. The SMILES string of the molecule is CCCC(C)NC(=O)c1c(C)cccc1N. The first kappa shape index (κ1) is 12.6. The maximum Gasteiger partial charge on any atom is 0.253 e. The molecule has 0 aliphatic rings. The van der Waals surface area contributed by atoms with Gasteiger partial charge in [-0.2, -0.15) is 0 Å². The van der Waals surface area contributed by atoms with Crippen molar-refractivity contribution in [1.29, 1.82) is 0 Å². The summed E-state index contributed by atoms with van der Waals surface area (Å²) in [6.45, 7) is 6.01. The zero-order valence-electron chi connectivity index (χ0n) is 10.2. The van der Waals surface area contributed by atoms with Gasteiger partial charge in [0.15, 0.2) is 0 Å². The van der Waals surface area contributed by atoms with Crippen LogP contribution in [0.25, 0.3) is 0 Å². The molecule has 0 saturated carbocycles. The van der Waals surface area contributed by atoms with Crippen molar-refractivity contribution in [2.24, 2.45) is 0 Å². The van der Waals surface area contributed by atoms with Crippen molar-refractivity contribution in [2.75, 3.05) is 5.73 Å². The second-order valence-electron chi connectivity index (χ2n) is 4.20. The minimum absolute atomic E-state index is 0.0726. The molecule has 1 rings (SSSR count). The van der Waals surface area contributed by atoms with Gasteiger partial charge in [-0.3, -0.25) is 4.79 Å². The summed E-state index contributed by atoms with van der Waals surface area (Å²) in [4.78, 5) is 12.0. The lowest BCUT2D eigenvalue weighted by atomic mass is 10.1. The molecule has 88 valence electrons. The predicted molar refractivity (Wildman–Crippen MR) is 67.4 cm³/mol. The van der Waals surface area contributed by atoms with E-state index < -0.39 is 0 Å². The Morgan fingerprint density at radius 3 is 2.75 bits per heavy atom. The zero-order valence-corrected chi connectivity index (χ0v) is 10.2. The summed E-state index contributed by atoms with van der Waals surface area (Å²) in [6.07, 6.45) is 2.04. The van der Waals surface area contributed by atoms with Gasteiger partial charge in [-0.15, -0.1) is 0 Å². The lowest BCUT2D eigenvalue weighted by Crippen LogP contribution is -2.33. The number of nitrogen functional groups attached to an aromatic ring is 1. The highest BCUT2D eigenvalue weighted by Crippen LogP contribution is 2.16. The van der Waals surface area contributed by atoms with Gasteiger partial charge in [0.2, 0.25) is 0 Å². The standard InChI is InChI=1S/C13H20N2O/c1-4-6-10(3)15-13(16)12-9(2)7-5-8-11(12)14/h5,7-8,10H,4,6,14H2,1-3H3,(H,15,16). The molecule has 1 unspecified atom stereocenters. The van der Waals surface area contributed by atoms with Crippen LogP contribution < -0.4 is 11.1 Å². The second-order valence-corrected chi connectivity index (χ2v) is 4.20. The maximum atomic E-state index is 12.0. The summed E-state index contributed by atoms with van der Waals surface area (Å²) < 4.78 is 0. The predicted octanol–water partition coefficient (Wildman–Crippen LogP) is 2.50. The molecule has 1 aromatic rings. The lowest BCUT2D eigenvalue weighted by molar-refractivity contribution is 0.0938. The van der Waals surface area contributed by atoms with Gasteiger partial charge in [0.1, 0.15) is 0 Å². The van der Waals surface area contributed by atoms with Crippen molar-refractivity contribution < 1.29 is 4.79 Å². The Hall–Kier alpha value is -1.51. The topological polar surface area (TPSA) is 55.1 Å². The average molecular weight is 220 g/mol. The third-order valence-electron chi connectivity index (χ3n) is 2.63. The number of carbonyl (C=O) groups is 1. The molecule has 0 aliphatic carbocycles. The van der Waals surface area contributed by atoms with E-state index in [4.69, 9.17) is 5.73 Å². The van der Waals surface area contributed by atoms with Crippen LogP contribution in [0.1, 0.15) is 42.6 Å². The molecule has 1 aromatic carbocycles. The smallest absolute Gasteiger partial charge is 0.253 e. The van der Waals surface area contributed by atoms with Crippen molar-refractivity contribution in [2.45, 2.75) is 39.7 Å². The second kappa shape index (κ2) is 5.54. The van der Waals surface area contributed by atoms with Crippen LogP contribution in [0.3, 0.4) is 0 Å². The van der Waals surface area contributed by atoms with Crippen LogP contribution in [0.5, 0.6) is 0 Å². The number of hydrogen-bond acceptors (Lipinski definition) is 2. The highest BCUT2D eigenvalue weighted by atomic mass is 16.1. The van der Waals surface area contributed by atoms with Gasteiger partial charge in [-0.05, 0) is 31.9 Å². The molecule has 16 heavy (non-hydrogen) atoms. The molecule has 0 aliphatic heterocycles. The number of amides is 1. The van der Waals surface area contributed by atoms with E-state index in [2.05, 4.69) is 12.2 Å². The molecule has 0 heterocycles. The summed E-state index contributed by atoms with van der Waals surface area (Å²) in [5.41, 5.74) is 7.87. The lowest BCUT2D eigenvalue weighted by Gasteiger charge is -2.15. The fraction of sp³-hybridized carbons (Fsp3) is 0.462. The first-order chi connectivity index (χ1) is 7.56. The highest BCUT2D eigenvalue weighted by molar-refractivity contribution is 6.00. The Bertz CT molecular complexity index is 354. The van der Waals surface area contributed by atoms with E-state index in [9.17, 15) is 4.79 Å². The molecule has 0 fully saturated rings. The van der Waals surface area contributed by atoms with Crippen molar-refractivity contribution in [3.63, 3.8) is 0 Å². The van der Waals surface area contributed by atoms with Crippen LogP contribution in [0.15, 0.2) is 18.2 Å². The zero-order chi connectivity index (χ0) is 12.1. The number of benzene rings is 1. The van der Waals surface area contributed by atoms with Gasteiger partial charge in [0.05, 0.1) is 5.56 Å². The van der Waals surface area contributed by atoms with Crippen molar-refractivity contribution >= 4 is 11.6 Å². The Labute approximate surface area is 97.0 Å². The molecule has 0 aromatic heterocycles. The maximum absolute atomic E-state index is 12.0. The van der Waals surface area contributed by atoms with Crippen molar-refractivity contribution in [3.05, 3.63) is 29.3 Å². The Balaban J connectivity index is 2.80. The van der Waals surface area contributed by atoms with E-state index in [0.717, 1.165) is 18.4 Å². The summed E-state index contributed by atoms with van der Waals surface area (Å²) in [6, 6.07) is 5.70. The van der Waals surface area contributed by atoms with Gasteiger partial charge in [-0.1, -0.05) is 25.5 Å². The largest absolute Gasteiger partial charge is 0.398 e. The first-order valence-corrected chi connectivity index (χ1v) is 5.72. The molecule has 3 nitrogen and oxygen atoms in total. The molecule has 0 spiro atoms. The molecule has 3 heteroatoms.